The number of anilines is 1. The van der Waals surface area contributed by atoms with Gasteiger partial charge in [-0.1, -0.05) is 31.2 Å². The molecule has 0 aromatic heterocycles. The summed E-state index contributed by atoms with van der Waals surface area (Å²) in [5, 5.41) is 9.43. The van der Waals surface area contributed by atoms with E-state index < -0.39 is 34.6 Å². The van der Waals surface area contributed by atoms with Crippen LogP contribution in [0.25, 0.3) is 0 Å². The number of ether oxygens (including phenoxy) is 2. The Kier molecular flexibility index (Phi) is 7.80. The third-order valence-electron chi connectivity index (χ3n) is 9.02. The number of aliphatic hydroxyl groups is 1. The van der Waals surface area contributed by atoms with Crippen LogP contribution in [0.3, 0.4) is 0 Å². The number of carbonyl (C=O) groups excluding carboxylic acids is 3. The van der Waals surface area contributed by atoms with Crippen molar-refractivity contribution in [2.24, 2.45) is 11.8 Å². The molecule has 41 heavy (non-hydrogen) atoms. The van der Waals surface area contributed by atoms with Crippen LogP contribution in [0, 0.1) is 11.8 Å². The molecule has 0 aliphatic carbocycles. The van der Waals surface area contributed by atoms with Crippen LogP contribution in [0.4, 0.5) is 5.69 Å². The van der Waals surface area contributed by atoms with Gasteiger partial charge in [-0.3, -0.25) is 14.4 Å². The molecule has 0 saturated carbocycles. The fourth-order valence-electron chi connectivity index (χ4n) is 7.12. The smallest absolute Gasteiger partial charge is 0.249 e. The van der Waals surface area contributed by atoms with E-state index in [9.17, 15) is 19.5 Å². The SMILES string of the molecule is CCOc1ccc(N2CC=C[C@@]3(CC)O[C@]45C=CCN(C(C)(C)C)C(=O)C4N(CCCCO)C(=O)[C@@H]5[C@H]3C2=O)cc1. The summed E-state index contributed by atoms with van der Waals surface area (Å²) in [7, 11) is 0. The van der Waals surface area contributed by atoms with Crippen LogP contribution < -0.4 is 9.64 Å². The van der Waals surface area contributed by atoms with Gasteiger partial charge in [-0.05, 0) is 71.2 Å². The van der Waals surface area contributed by atoms with Crippen molar-refractivity contribution in [3.05, 3.63) is 48.6 Å². The second-order valence-corrected chi connectivity index (χ2v) is 12.4. The van der Waals surface area contributed by atoms with Gasteiger partial charge in [0.15, 0.2) is 0 Å². The highest BCUT2D eigenvalue weighted by Gasteiger charge is 2.75. The predicted octanol–water partition coefficient (Wildman–Crippen LogP) is 3.32. The van der Waals surface area contributed by atoms with Crippen LogP contribution in [0.5, 0.6) is 5.75 Å². The molecule has 2 fully saturated rings. The van der Waals surface area contributed by atoms with Crippen molar-refractivity contribution in [3.8, 4) is 5.75 Å². The molecule has 3 amide bonds. The third-order valence-corrected chi connectivity index (χ3v) is 9.02. The van der Waals surface area contributed by atoms with E-state index in [2.05, 4.69) is 0 Å². The number of hydrogen-bond acceptors (Lipinski definition) is 6. The van der Waals surface area contributed by atoms with Crippen LogP contribution in [0.15, 0.2) is 48.6 Å². The van der Waals surface area contributed by atoms with Gasteiger partial charge in [0.25, 0.3) is 0 Å². The molecule has 9 nitrogen and oxygen atoms in total. The van der Waals surface area contributed by atoms with Crippen LogP contribution in [-0.4, -0.2) is 88.3 Å². The second-order valence-electron chi connectivity index (χ2n) is 12.4. The normalized spacial score (nSPS) is 31.2. The van der Waals surface area contributed by atoms with Gasteiger partial charge in [0.2, 0.25) is 17.7 Å². The van der Waals surface area contributed by atoms with Gasteiger partial charge in [0.1, 0.15) is 17.4 Å². The van der Waals surface area contributed by atoms with Gasteiger partial charge in [-0.25, -0.2) is 0 Å². The highest BCUT2D eigenvalue weighted by atomic mass is 16.5. The number of nitrogens with zero attached hydrogens (tertiary/aromatic N) is 3. The zero-order chi connectivity index (χ0) is 29.6. The van der Waals surface area contributed by atoms with Crippen molar-refractivity contribution < 1.29 is 29.0 Å². The molecule has 0 bridgehead atoms. The van der Waals surface area contributed by atoms with Crippen molar-refractivity contribution in [2.45, 2.75) is 76.7 Å². The molecule has 1 N–H and O–H groups in total. The standard InChI is InChI=1S/C32H43N3O6/c1-6-31-16-10-19-33(22-12-14-23(15-13-22)40-7-2)27(37)24(31)25-28(38)34(18-8-9-21-36)26-29(39)35(30(3,4)5)20-11-17-32(25,26)41-31/h10-17,24-26,36H,6-9,18-21H2,1-5H3/t24-,25-,26?,31+,32-/m0/s1. The average Bonchev–Trinajstić information content (AvgIpc) is 3.21. The summed E-state index contributed by atoms with van der Waals surface area (Å²) < 4.78 is 12.6. The van der Waals surface area contributed by atoms with Gasteiger partial charge in [-0.2, -0.15) is 0 Å². The van der Waals surface area contributed by atoms with E-state index in [1.165, 1.54) is 0 Å². The Morgan fingerprint density at radius 2 is 1.66 bits per heavy atom. The molecule has 1 unspecified atom stereocenters. The summed E-state index contributed by atoms with van der Waals surface area (Å²) in [6.45, 7) is 11.4. The molecule has 4 aliphatic rings. The first kappa shape index (κ1) is 29.3. The maximum absolute atomic E-state index is 14.6. The Hall–Kier alpha value is -3.17. The van der Waals surface area contributed by atoms with Crippen molar-refractivity contribution in [2.75, 3.05) is 37.7 Å². The molecule has 4 aliphatic heterocycles. The lowest BCUT2D eigenvalue weighted by molar-refractivity contribution is -0.155. The van der Waals surface area contributed by atoms with E-state index in [1.54, 1.807) is 14.7 Å². The topological polar surface area (TPSA) is 99.6 Å². The number of hydrogen-bond donors (Lipinski definition) is 1. The lowest BCUT2D eigenvalue weighted by Crippen LogP contribution is -2.59. The summed E-state index contributed by atoms with van der Waals surface area (Å²) in [6, 6.07) is 6.50. The maximum atomic E-state index is 14.6. The molecule has 1 aromatic carbocycles. The zero-order valence-corrected chi connectivity index (χ0v) is 24.8. The summed E-state index contributed by atoms with van der Waals surface area (Å²) in [5.74, 6) is -1.55. The third kappa shape index (κ3) is 4.67. The fraction of sp³-hybridized carbons (Fsp3) is 0.594. The lowest BCUT2D eigenvalue weighted by atomic mass is 9.73. The first-order chi connectivity index (χ1) is 19.5. The van der Waals surface area contributed by atoms with Crippen LogP contribution in [0.1, 0.15) is 53.9 Å². The van der Waals surface area contributed by atoms with Crippen LogP contribution >= 0.6 is 0 Å². The van der Waals surface area contributed by atoms with Gasteiger partial charge in [0, 0.05) is 37.5 Å². The average molecular weight is 566 g/mol. The van der Waals surface area contributed by atoms with Gasteiger partial charge >= 0.3 is 0 Å². The lowest BCUT2D eigenvalue weighted by Gasteiger charge is -2.41. The molecule has 1 spiro atoms. The van der Waals surface area contributed by atoms with Gasteiger partial charge in [-0.15, -0.1) is 0 Å². The van der Waals surface area contributed by atoms with E-state index in [4.69, 9.17) is 9.47 Å². The number of rotatable bonds is 8. The van der Waals surface area contributed by atoms with Crippen molar-refractivity contribution in [1.82, 2.24) is 9.80 Å². The van der Waals surface area contributed by atoms with E-state index in [-0.39, 0.29) is 24.3 Å². The van der Waals surface area contributed by atoms with E-state index in [1.807, 2.05) is 83.2 Å². The first-order valence-corrected chi connectivity index (χ1v) is 14.9. The Balaban J connectivity index is 1.61. The second kappa shape index (κ2) is 10.9. The summed E-state index contributed by atoms with van der Waals surface area (Å²) in [5.41, 5.74) is -2.08. The Bertz CT molecular complexity index is 1240. The molecular weight excluding hydrogens is 522 g/mol. The highest BCUT2D eigenvalue weighted by molar-refractivity contribution is 6.04. The Labute approximate surface area is 242 Å². The van der Waals surface area contributed by atoms with Crippen LogP contribution in [0.2, 0.25) is 0 Å². The molecule has 4 heterocycles. The number of fused-ring (bicyclic) bond motifs is 2. The Morgan fingerprint density at radius 3 is 2.29 bits per heavy atom. The molecule has 2 saturated heterocycles. The monoisotopic (exact) mass is 565 g/mol. The van der Waals surface area contributed by atoms with E-state index in [0.29, 0.717) is 51.2 Å². The summed E-state index contributed by atoms with van der Waals surface area (Å²) in [4.78, 5) is 48.5. The molecular formula is C32H43N3O6. The van der Waals surface area contributed by atoms with Gasteiger partial charge < -0.3 is 29.3 Å². The largest absolute Gasteiger partial charge is 0.494 e. The van der Waals surface area contributed by atoms with E-state index >= 15 is 0 Å². The first-order valence-electron chi connectivity index (χ1n) is 14.9. The number of aliphatic hydroxyl groups excluding tert-OH is 1. The molecule has 5 rings (SSSR count). The number of unbranched alkanes of at least 4 members (excludes halogenated alkanes) is 1. The number of carbonyl (C=O) groups is 3. The molecule has 222 valence electrons. The minimum absolute atomic E-state index is 0.00162. The number of likely N-dealkylation sites (tertiary alicyclic amines) is 1. The molecule has 5 atom stereocenters. The number of amides is 3. The van der Waals surface area contributed by atoms with Crippen molar-refractivity contribution in [1.29, 1.82) is 0 Å². The quantitative estimate of drug-likeness (QED) is 0.384. The molecule has 0 radical (unpaired) electrons. The van der Waals surface area contributed by atoms with E-state index in [0.717, 1.165) is 5.75 Å². The fourth-order valence-corrected chi connectivity index (χ4v) is 7.12. The summed E-state index contributed by atoms with van der Waals surface area (Å²) in [6.07, 6.45) is 9.24. The Morgan fingerprint density at radius 1 is 0.951 bits per heavy atom. The van der Waals surface area contributed by atoms with Crippen molar-refractivity contribution >= 4 is 23.4 Å². The minimum Gasteiger partial charge on any atom is -0.494 e. The summed E-state index contributed by atoms with van der Waals surface area (Å²) >= 11 is 0. The highest BCUT2D eigenvalue weighted by Crippen LogP contribution is 2.59. The maximum Gasteiger partial charge on any atom is 0.249 e. The minimum atomic E-state index is -1.28. The number of benzene rings is 1. The predicted molar refractivity (Wildman–Crippen MR) is 155 cm³/mol. The molecule has 9 heteroatoms. The van der Waals surface area contributed by atoms with Gasteiger partial charge in [0.05, 0.1) is 24.0 Å². The van der Waals surface area contributed by atoms with Crippen molar-refractivity contribution in [3.63, 3.8) is 0 Å². The molecule has 1 aromatic rings. The zero-order valence-electron chi connectivity index (χ0n) is 24.8. The van der Waals surface area contributed by atoms with Crippen LogP contribution in [-0.2, 0) is 19.1 Å².